The summed E-state index contributed by atoms with van der Waals surface area (Å²) in [7, 11) is 0. The van der Waals surface area contributed by atoms with Crippen LogP contribution in [0.25, 0.3) is 0 Å². The van der Waals surface area contributed by atoms with Gasteiger partial charge in [-0.05, 0) is 0 Å². The van der Waals surface area contributed by atoms with Gasteiger partial charge in [-0.25, -0.2) is 4.79 Å². The molecule has 28 valence electrons. The third-order valence-corrected chi connectivity index (χ3v) is 0.175. The highest BCUT2D eigenvalue weighted by Gasteiger charge is 1.73. The second kappa shape index (κ2) is 1.52. The van der Waals surface area contributed by atoms with E-state index in [0.29, 0.717) is 0 Å². The van der Waals surface area contributed by atoms with E-state index in [1.807, 2.05) is 0 Å². The van der Waals surface area contributed by atoms with Crippen LogP contribution in [-0.4, -0.2) is 11.1 Å². The Bertz CT molecular complexity index is 55.9. The van der Waals surface area contributed by atoms with Gasteiger partial charge in [0, 0.05) is 6.08 Å². The molecule has 0 saturated carbocycles. The highest BCUT2D eigenvalue weighted by Crippen LogP contribution is 1.54. The molecular formula is C3H4O2. The van der Waals surface area contributed by atoms with E-state index in [9.17, 15) is 4.79 Å². The van der Waals surface area contributed by atoms with Crippen LogP contribution in [0.5, 0.6) is 0 Å². The molecule has 2 nitrogen and oxygen atoms in total. The van der Waals surface area contributed by atoms with Crippen LogP contribution in [0.3, 0.4) is 0 Å². The number of aliphatic carboxylic acids is 1. The maximum atomic E-state index is 9.25. The fraction of sp³-hybridized carbons (Fsp3) is 0. The summed E-state index contributed by atoms with van der Waals surface area (Å²) in [4.78, 5) is 9.25. The molecule has 0 aliphatic heterocycles. The topological polar surface area (TPSA) is 37.3 Å². The number of carboxylic acid groups (broad SMARTS) is 1. The van der Waals surface area contributed by atoms with Gasteiger partial charge in [-0.3, -0.25) is 0 Å². The molecule has 0 amide bonds. The lowest BCUT2D eigenvalue weighted by Gasteiger charge is -1.64. The van der Waals surface area contributed by atoms with Crippen LogP contribution < -0.4 is 0 Å². The molecule has 5 heavy (non-hydrogen) atoms. The first-order chi connectivity index (χ1) is 2.27. The predicted octanol–water partition coefficient (Wildman–Crippen LogP) is 0.257. The van der Waals surface area contributed by atoms with E-state index < -0.39 is 5.97 Å². The van der Waals surface area contributed by atoms with Gasteiger partial charge in [-0.2, -0.15) is 0 Å². The van der Waals surface area contributed by atoms with Gasteiger partial charge in [-0.15, -0.1) is 0 Å². The molecule has 2 heteroatoms. The zero-order valence-corrected chi connectivity index (χ0v) is 2.64. The SMILES string of the molecule is C=C[14C](=O)O. The van der Waals surface area contributed by atoms with Crippen LogP contribution in [0.4, 0.5) is 0 Å². The minimum atomic E-state index is -0.981. The lowest BCUT2D eigenvalue weighted by atomic mass is 11.1. The molecule has 1 N–H and O–H groups in total. The van der Waals surface area contributed by atoms with E-state index >= 15 is 0 Å². The maximum absolute atomic E-state index is 9.25. The van der Waals surface area contributed by atoms with E-state index in [0.717, 1.165) is 6.08 Å². The van der Waals surface area contributed by atoms with Crippen molar-refractivity contribution in [3.63, 3.8) is 0 Å². The molecule has 0 aromatic carbocycles. The number of carboxylic acids is 1. The zero-order chi connectivity index (χ0) is 4.28. The van der Waals surface area contributed by atoms with Crippen molar-refractivity contribution in [2.75, 3.05) is 0 Å². The fourth-order valence-corrected chi connectivity index (χ4v) is 0. The molecule has 0 saturated heterocycles. The Balaban J connectivity index is 3.20. The first kappa shape index (κ1) is 4.21. The monoisotopic (exact) mass is 74.0 g/mol. The van der Waals surface area contributed by atoms with Crippen LogP contribution in [0.2, 0.25) is 0 Å². The first-order valence-corrected chi connectivity index (χ1v) is 1.12. The normalized spacial score (nSPS) is 6.40. The second-order valence-electron chi connectivity index (χ2n) is 0.542. The smallest absolute Gasteiger partial charge is 0.327 e. The van der Waals surface area contributed by atoms with Crippen LogP contribution in [-0.2, 0) is 4.79 Å². The van der Waals surface area contributed by atoms with Crippen molar-refractivity contribution in [1.82, 2.24) is 0 Å². The Kier molecular flexibility index (Phi) is 1.28. The van der Waals surface area contributed by atoms with E-state index in [1.165, 1.54) is 0 Å². The van der Waals surface area contributed by atoms with E-state index in [1.54, 1.807) is 0 Å². The lowest BCUT2D eigenvalue weighted by molar-refractivity contribution is -0.131. The zero-order valence-electron chi connectivity index (χ0n) is 2.64. The van der Waals surface area contributed by atoms with Gasteiger partial charge in [0.2, 0.25) is 0 Å². The second-order valence-corrected chi connectivity index (χ2v) is 0.542. The number of hydrogen-bond acceptors (Lipinski definition) is 1. The average Bonchev–Trinajstić information content (AvgIpc) is 1.38. The average molecular weight is 74.1 g/mol. The van der Waals surface area contributed by atoms with Crippen molar-refractivity contribution in [2.24, 2.45) is 0 Å². The summed E-state index contributed by atoms with van der Waals surface area (Å²) < 4.78 is 0. The molecule has 0 atom stereocenters. The van der Waals surface area contributed by atoms with Crippen LogP contribution >= 0.6 is 0 Å². The number of rotatable bonds is 1. The van der Waals surface area contributed by atoms with Gasteiger partial charge in [-0.1, -0.05) is 6.58 Å². The summed E-state index contributed by atoms with van der Waals surface area (Å²) in [5, 5.41) is 7.60. The molecule has 0 heterocycles. The Labute approximate surface area is 29.7 Å². The summed E-state index contributed by atoms with van der Waals surface area (Å²) in [6.45, 7) is 2.96. The molecular weight excluding hydrogens is 70.0 g/mol. The minimum Gasteiger partial charge on any atom is -0.478 e. The van der Waals surface area contributed by atoms with Crippen molar-refractivity contribution in [3.8, 4) is 0 Å². The molecule has 0 bridgehead atoms. The van der Waals surface area contributed by atoms with E-state index in [4.69, 9.17) is 5.11 Å². The lowest BCUT2D eigenvalue weighted by Crippen LogP contribution is -1.82. The highest BCUT2D eigenvalue weighted by molar-refractivity contribution is 5.78. The standard InChI is InChI=1S/C3H4O2/c1-2-3(4)5/h2H,1H2,(H,4,5)/i3+2. The van der Waals surface area contributed by atoms with Gasteiger partial charge in [0.1, 0.15) is 0 Å². The largest absolute Gasteiger partial charge is 0.478 e. The summed E-state index contributed by atoms with van der Waals surface area (Å²) in [6, 6.07) is 0. The van der Waals surface area contributed by atoms with Crippen molar-refractivity contribution in [3.05, 3.63) is 12.7 Å². The number of carbonyl (C=O) groups is 1. The minimum absolute atomic E-state index is 0.833. The maximum Gasteiger partial charge on any atom is 0.327 e. The summed E-state index contributed by atoms with van der Waals surface area (Å²) >= 11 is 0. The van der Waals surface area contributed by atoms with E-state index in [-0.39, 0.29) is 0 Å². The third kappa shape index (κ3) is 3.21. The third-order valence-electron chi connectivity index (χ3n) is 0.175. The molecule has 0 radical (unpaired) electrons. The van der Waals surface area contributed by atoms with Gasteiger partial charge in [0.05, 0.1) is 0 Å². The first-order valence-electron chi connectivity index (χ1n) is 1.12. The molecule has 0 aromatic heterocycles. The highest BCUT2D eigenvalue weighted by atomic mass is 16.6. The van der Waals surface area contributed by atoms with E-state index in [2.05, 4.69) is 6.58 Å². The van der Waals surface area contributed by atoms with Crippen LogP contribution in [0, 0.1) is 0 Å². The summed E-state index contributed by atoms with van der Waals surface area (Å²) in [5.41, 5.74) is 0. The Morgan fingerprint density at radius 3 is 2.20 bits per heavy atom. The van der Waals surface area contributed by atoms with Gasteiger partial charge < -0.3 is 5.11 Å². The molecule has 0 aromatic rings. The van der Waals surface area contributed by atoms with Gasteiger partial charge in [0.25, 0.3) is 0 Å². The molecule has 0 aliphatic rings. The molecule has 0 rings (SSSR count). The Hall–Kier alpha value is -0.790. The quantitative estimate of drug-likeness (QED) is 0.453. The van der Waals surface area contributed by atoms with Crippen LogP contribution in [0.15, 0.2) is 12.7 Å². The number of hydrogen-bond donors (Lipinski definition) is 1. The van der Waals surface area contributed by atoms with Crippen molar-refractivity contribution >= 4 is 5.97 Å². The Morgan fingerprint density at radius 2 is 2.20 bits per heavy atom. The predicted molar refractivity (Wildman–Crippen MR) is 17.8 cm³/mol. The van der Waals surface area contributed by atoms with Gasteiger partial charge >= 0.3 is 5.97 Å². The summed E-state index contributed by atoms with van der Waals surface area (Å²) in [5.74, 6) is -0.981. The van der Waals surface area contributed by atoms with Gasteiger partial charge in [0.15, 0.2) is 0 Å². The molecule has 0 spiro atoms. The van der Waals surface area contributed by atoms with Crippen molar-refractivity contribution < 1.29 is 9.90 Å². The van der Waals surface area contributed by atoms with Crippen molar-refractivity contribution in [1.29, 1.82) is 0 Å². The fourth-order valence-electron chi connectivity index (χ4n) is 0. The molecule has 0 aliphatic carbocycles. The van der Waals surface area contributed by atoms with Crippen molar-refractivity contribution in [2.45, 2.75) is 0 Å². The Morgan fingerprint density at radius 1 is 2.00 bits per heavy atom. The summed E-state index contributed by atoms with van der Waals surface area (Å²) in [6.07, 6.45) is 0.833. The molecule has 0 fully saturated rings. The molecule has 0 unspecified atom stereocenters. The van der Waals surface area contributed by atoms with Crippen LogP contribution in [0.1, 0.15) is 0 Å².